The molecular weight excluding hydrogens is 287 g/mol. The molecule has 0 aliphatic heterocycles. The Hall–Kier alpha value is -1.64. The van der Waals surface area contributed by atoms with Gasteiger partial charge in [-0.15, -0.1) is 0 Å². The normalized spacial score (nSPS) is 12.4. The highest BCUT2D eigenvalue weighted by atomic mass is 19.1. The Morgan fingerprint density at radius 2 is 1.74 bits per heavy atom. The van der Waals surface area contributed by atoms with Crippen LogP contribution in [0.5, 0.6) is 0 Å². The summed E-state index contributed by atoms with van der Waals surface area (Å²) in [4.78, 5) is 3.16. The van der Waals surface area contributed by atoms with Gasteiger partial charge in [-0.25, -0.2) is 8.96 Å². The van der Waals surface area contributed by atoms with Crippen molar-refractivity contribution in [2.24, 2.45) is 0 Å². The minimum Gasteiger partial charge on any atom is -0.250 e. The highest BCUT2D eigenvalue weighted by molar-refractivity contribution is 5.15. The summed E-state index contributed by atoms with van der Waals surface area (Å²) in [6.07, 6.45) is 17.4. The second-order valence-corrected chi connectivity index (χ2v) is 6.43. The van der Waals surface area contributed by atoms with E-state index in [2.05, 4.69) is 29.0 Å². The van der Waals surface area contributed by atoms with Gasteiger partial charge in [0.2, 0.25) is 6.33 Å². The second-order valence-electron chi connectivity index (χ2n) is 6.43. The van der Waals surface area contributed by atoms with Gasteiger partial charge in [0.15, 0.2) is 0 Å². The molecule has 0 aliphatic carbocycles. The number of unbranched alkanes of at least 4 members (excludes halogenated alkanes) is 4. The van der Waals surface area contributed by atoms with Crippen LogP contribution < -0.4 is 4.57 Å². The molecule has 2 aromatic rings. The molecule has 1 heterocycles. The summed E-state index contributed by atoms with van der Waals surface area (Å²) in [5.41, 5.74) is 1.24. The third-order valence-electron chi connectivity index (χ3n) is 4.55. The highest BCUT2D eigenvalue weighted by Crippen LogP contribution is 2.18. The van der Waals surface area contributed by atoms with E-state index in [1.807, 2.05) is 18.3 Å². The monoisotopic (exact) mass is 317 g/mol. The minimum atomic E-state index is -0.148. The lowest BCUT2D eigenvalue weighted by molar-refractivity contribution is -0.723. The Morgan fingerprint density at radius 3 is 2.39 bits per heavy atom. The summed E-state index contributed by atoms with van der Waals surface area (Å²) in [7, 11) is 0. The van der Waals surface area contributed by atoms with Crippen LogP contribution in [0.3, 0.4) is 0 Å². The Labute approximate surface area is 139 Å². The molecule has 1 unspecified atom stereocenters. The van der Waals surface area contributed by atoms with Crippen molar-refractivity contribution in [3.05, 3.63) is 54.4 Å². The summed E-state index contributed by atoms with van der Waals surface area (Å²) in [6.45, 7) is 2.26. The molecule has 1 N–H and O–H groups in total. The molecule has 23 heavy (non-hydrogen) atoms. The summed E-state index contributed by atoms with van der Waals surface area (Å²) in [5.74, 6) is -0.148. The van der Waals surface area contributed by atoms with Crippen LogP contribution >= 0.6 is 0 Å². The van der Waals surface area contributed by atoms with E-state index in [1.54, 1.807) is 12.1 Å². The molecule has 0 spiro atoms. The summed E-state index contributed by atoms with van der Waals surface area (Å²) >= 11 is 0. The zero-order valence-corrected chi connectivity index (χ0v) is 14.3. The van der Waals surface area contributed by atoms with Crippen molar-refractivity contribution >= 4 is 0 Å². The number of hydrogen-bond acceptors (Lipinski definition) is 0. The molecule has 126 valence electrons. The molecule has 3 heteroatoms. The molecule has 0 aliphatic rings. The van der Waals surface area contributed by atoms with Crippen molar-refractivity contribution in [1.29, 1.82) is 0 Å². The van der Waals surface area contributed by atoms with E-state index >= 15 is 0 Å². The number of imidazole rings is 1. The number of aryl methyl sites for hydroxylation is 1. The largest absolute Gasteiger partial charge is 0.250 e. The number of hydrogen-bond donors (Lipinski definition) is 1. The van der Waals surface area contributed by atoms with Crippen LogP contribution in [-0.2, 0) is 6.42 Å². The lowest BCUT2D eigenvalue weighted by Crippen LogP contribution is -2.37. The van der Waals surface area contributed by atoms with Crippen molar-refractivity contribution in [3.8, 4) is 0 Å². The zero-order chi connectivity index (χ0) is 16.3. The number of nitrogens with one attached hydrogen (secondary N) is 1. The van der Waals surface area contributed by atoms with Crippen molar-refractivity contribution in [2.45, 2.75) is 70.8 Å². The third kappa shape index (κ3) is 6.55. The Morgan fingerprint density at radius 1 is 1.00 bits per heavy atom. The van der Waals surface area contributed by atoms with Crippen molar-refractivity contribution in [3.63, 3.8) is 0 Å². The fraction of sp³-hybridized carbons (Fsp3) is 0.550. The quantitative estimate of drug-likeness (QED) is 0.425. The minimum absolute atomic E-state index is 0.148. The molecule has 1 aromatic heterocycles. The number of aromatic nitrogens is 2. The number of halogens is 1. The van der Waals surface area contributed by atoms with E-state index in [4.69, 9.17) is 0 Å². The number of aromatic amines is 1. The van der Waals surface area contributed by atoms with Crippen LogP contribution in [0, 0.1) is 5.82 Å². The van der Waals surface area contributed by atoms with Crippen LogP contribution in [0.2, 0.25) is 0 Å². The second kappa shape index (κ2) is 10.2. The lowest BCUT2D eigenvalue weighted by atomic mass is 10.00. The molecule has 0 saturated heterocycles. The predicted octanol–water partition coefficient (Wildman–Crippen LogP) is 5.37. The van der Waals surface area contributed by atoms with Gasteiger partial charge in [-0.05, 0) is 56.2 Å². The molecule has 0 radical (unpaired) electrons. The summed E-state index contributed by atoms with van der Waals surface area (Å²) in [6, 6.07) is 7.52. The van der Waals surface area contributed by atoms with Gasteiger partial charge in [-0.3, -0.25) is 4.98 Å². The van der Waals surface area contributed by atoms with Gasteiger partial charge in [-0.1, -0.05) is 38.3 Å². The Bertz CT molecular complexity index is 519. The topological polar surface area (TPSA) is 19.7 Å². The van der Waals surface area contributed by atoms with Gasteiger partial charge in [-0.2, -0.15) is 0 Å². The fourth-order valence-electron chi connectivity index (χ4n) is 3.14. The molecule has 1 atom stereocenters. The number of H-pyrrole nitrogens is 1. The molecular formula is C20H30FN2+. The van der Waals surface area contributed by atoms with Gasteiger partial charge >= 0.3 is 0 Å². The van der Waals surface area contributed by atoms with Gasteiger partial charge < -0.3 is 0 Å². The van der Waals surface area contributed by atoms with Gasteiger partial charge in [0, 0.05) is 0 Å². The first kappa shape index (κ1) is 17.7. The number of benzene rings is 1. The standard InChI is InChI=1S/C20H29FN2/c1-2-3-4-5-9-20(23-16-15-22-17-23)10-7-6-8-18-11-13-19(21)14-12-18/h11-17,20H,2-10H2,1H3/p+1. The van der Waals surface area contributed by atoms with E-state index in [0.29, 0.717) is 6.04 Å². The fourth-order valence-corrected chi connectivity index (χ4v) is 3.14. The van der Waals surface area contributed by atoms with Crippen molar-refractivity contribution in [2.75, 3.05) is 0 Å². The van der Waals surface area contributed by atoms with Crippen LogP contribution in [0.1, 0.15) is 69.9 Å². The first-order valence-corrected chi connectivity index (χ1v) is 9.07. The van der Waals surface area contributed by atoms with Crippen LogP contribution in [0.4, 0.5) is 4.39 Å². The third-order valence-corrected chi connectivity index (χ3v) is 4.55. The summed E-state index contributed by atoms with van der Waals surface area (Å²) in [5, 5.41) is 0. The zero-order valence-electron chi connectivity index (χ0n) is 14.3. The highest BCUT2D eigenvalue weighted by Gasteiger charge is 2.14. The van der Waals surface area contributed by atoms with E-state index in [0.717, 1.165) is 6.42 Å². The van der Waals surface area contributed by atoms with E-state index < -0.39 is 0 Å². The van der Waals surface area contributed by atoms with E-state index in [-0.39, 0.29) is 5.82 Å². The average molecular weight is 317 g/mol. The van der Waals surface area contributed by atoms with Crippen molar-refractivity contribution < 1.29 is 8.96 Å². The maximum atomic E-state index is 12.9. The molecule has 0 amide bonds. The van der Waals surface area contributed by atoms with Crippen molar-refractivity contribution in [1.82, 2.24) is 4.98 Å². The molecule has 0 bridgehead atoms. The van der Waals surface area contributed by atoms with Gasteiger partial charge in [0.05, 0.1) is 0 Å². The van der Waals surface area contributed by atoms with Gasteiger partial charge in [0.1, 0.15) is 24.3 Å². The van der Waals surface area contributed by atoms with E-state index in [1.165, 1.54) is 56.9 Å². The molecule has 2 nitrogen and oxygen atoms in total. The predicted molar refractivity (Wildman–Crippen MR) is 92.7 cm³/mol. The average Bonchev–Trinajstić information content (AvgIpc) is 3.09. The Kier molecular flexibility index (Phi) is 7.85. The van der Waals surface area contributed by atoms with Crippen LogP contribution in [-0.4, -0.2) is 4.98 Å². The smallest absolute Gasteiger partial charge is 0.241 e. The molecule has 0 saturated carbocycles. The van der Waals surface area contributed by atoms with E-state index in [9.17, 15) is 4.39 Å². The lowest BCUT2D eigenvalue weighted by Gasteiger charge is -2.14. The maximum Gasteiger partial charge on any atom is 0.241 e. The van der Waals surface area contributed by atoms with Crippen LogP contribution in [0.15, 0.2) is 43.0 Å². The molecule has 1 aromatic carbocycles. The molecule has 2 rings (SSSR count). The van der Waals surface area contributed by atoms with Gasteiger partial charge in [0.25, 0.3) is 0 Å². The first-order chi connectivity index (χ1) is 11.3. The Balaban J connectivity index is 1.73. The SMILES string of the molecule is CCCCCCC(CCCCc1ccc(F)cc1)[n+]1cc[nH]c1. The first-order valence-electron chi connectivity index (χ1n) is 9.07. The maximum absolute atomic E-state index is 12.9. The molecule has 0 fully saturated rings. The number of nitrogens with zero attached hydrogens (tertiary/aromatic N) is 1. The van der Waals surface area contributed by atoms with Crippen LogP contribution in [0.25, 0.3) is 0 Å². The number of rotatable bonds is 11. The summed E-state index contributed by atoms with van der Waals surface area (Å²) < 4.78 is 15.2.